The molecule has 0 aliphatic carbocycles. The average molecular weight is 1880 g/mol. The first kappa shape index (κ1) is 94.6. The van der Waals surface area contributed by atoms with Crippen molar-refractivity contribution in [1.82, 2.24) is 0 Å². The predicted octanol–water partition coefficient (Wildman–Crippen LogP) is 30.1. The van der Waals surface area contributed by atoms with E-state index in [1.807, 2.05) is 48.5 Å². The average Bonchev–Trinajstić information content (AvgIpc) is 1.62. The SMILES string of the molecule is CC(C)(C)c1ccc(-[s+]2c3ccccc3c3cc(CCO)ccc32)cc1.CC(C)(C)c1ccc2c(c1)Oc1cc(C(C)(C)C)ccc1[S+]2c1ccc(CCO)cc1.Cc1ccc2c(c1)Oc1cc(C)ccc1[S+]2c1cc(C)c(OCCO)c(C)c1.OCCc1ccc(-[s+]2c3ccc(Cl)cc3c3cc(Cl)ccc32)cc1.OCCc1ccc([S+]2c3ccccc3Oc3ccccc32)cc1. The monoisotopic (exact) mass is 1880 g/mol. The highest BCUT2D eigenvalue weighted by Gasteiger charge is 2.44. The van der Waals surface area contributed by atoms with E-state index >= 15 is 0 Å². The van der Waals surface area contributed by atoms with Gasteiger partial charge in [0.05, 0.1) is 6.61 Å². The lowest BCUT2D eigenvalue weighted by atomic mass is 9.87. The molecule has 0 amide bonds. The number of ether oxygens (including phenoxy) is 4. The molecule has 17 aromatic rings. The fourth-order valence-electron chi connectivity index (χ4n) is 17.0. The minimum atomic E-state index is -0.239. The maximum absolute atomic E-state index is 9.29. The Morgan fingerprint density at radius 2 is 0.598 bits per heavy atom. The van der Waals surface area contributed by atoms with Crippen molar-refractivity contribution >= 4 is 117 Å². The van der Waals surface area contributed by atoms with E-state index in [1.165, 1.54) is 128 Å². The number of rotatable bonds is 16. The Hall–Kier alpha value is -10.6. The van der Waals surface area contributed by atoms with Crippen LogP contribution in [0.2, 0.25) is 10.0 Å². The zero-order valence-corrected chi connectivity index (χ0v) is 82.8. The van der Waals surface area contributed by atoms with Crippen LogP contribution in [0.4, 0.5) is 0 Å². The third-order valence-electron chi connectivity index (χ3n) is 23.8. The van der Waals surface area contributed by atoms with Crippen molar-refractivity contribution in [2.75, 3.05) is 39.6 Å². The number of hydrogen-bond acceptors (Lipinski definition) is 9. The Bertz CT molecular complexity index is 6760. The highest BCUT2D eigenvalue weighted by molar-refractivity contribution is 7.98. The molecule has 2 aromatic heterocycles. The summed E-state index contributed by atoms with van der Waals surface area (Å²) in [7, 11) is -0.824. The lowest BCUT2D eigenvalue weighted by molar-refractivity contribution is 0.200. The first-order valence-electron chi connectivity index (χ1n) is 45.0. The van der Waals surface area contributed by atoms with Crippen LogP contribution in [0, 0.1) is 27.7 Å². The highest BCUT2D eigenvalue weighted by atomic mass is 35.5. The zero-order chi connectivity index (χ0) is 92.9. The number of aliphatic hydroxyl groups excluding tert-OH is 5. The predicted molar refractivity (Wildman–Crippen MR) is 556 cm³/mol. The molecule has 132 heavy (non-hydrogen) atoms. The normalized spacial score (nSPS) is 12.9. The van der Waals surface area contributed by atoms with Crippen molar-refractivity contribution in [3.8, 4) is 50.0 Å². The minimum absolute atomic E-state index is 0.0157. The Kier molecular flexibility index (Phi) is 29.4. The van der Waals surface area contributed by atoms with Crippen molar-refractivity contribution in [1.29, 1.82) is 0 Å². The summed E-state index contributed by atoms with van der Waals surface area (Å²) in [6, 6.07) is 110. The van der Waals surface area contributed by atoms with Gasteiger partial charge < -0.3 is 44.5 Å². The van der Waals surface area contributed by atoms with Gasteiger partial charge in [-0.15, -0.1) is 0 Å². The first-order chi connectivity index (χ1) is 63.6. The summed E-state index contributed by atoms with van der Waals surface area (Å²) < 4.78 is 30.0. The minimum Gasteiger partial charge on any atom is -0.491 e. The van der Waals surface area contributed by atoms with Crippen LogP contribution in [0.5, 0.6) is 40.2 Å². The molecule has 5 heterocycles. The van der Waals surface area contributed by atoms with Gasteiger partial charge in [0.25, 0.3) is 0 Å². The number of aryl methyl sites for hydroxylation is 4. The molecule has 0 saturated heterocycles. The second-order valence-electron chi connectivity index (χ2n) is 36.6. The first-order valence-corrected chi connectivity index (χ1v) is 51.9. The van der Waals surface area contributed by atoms with E-state index in [0.29, 0.717) is 32.3 Å². The van der Waals surface area contributed by atoms with Crippen molar-refractivity contribution < 1.29 is 44.5 Å². The van der Waals surface area contributed by atoms with Gasteiger partial charge in [0, 0.05) is 103 Å². The number of halogens is 2. The van der Waals surface area contributed by atoms with Crippen LogP contribution >= 0.6 is 44.1 Å². The van der Waals surface area contributed by atoms with Gasteiger partial charge in [0.1, 0.15) is 45.0 Å². The van der Waals surface area contributed by atoms with Crippen molar-refractivity contribution in [2.24, 2.45) is 0 Å². The summed E-state index contributed by atoms with van der Waals surface area (Å²) in [5.41, 5.74) is 13.5. The van der Waals surface area contributed by atoms with Gasteiger partial charge in [0.15, 0.2) is 77.8 Å². The molecule has 1 atom stereocenters. The fraction of sp³-hybridized carbons (Fsp3) is 0.224. The lowest BCUT2D eigenvalue weighted by Gasteiger charge is -2.26. The van der Waals surface area contributed by atoms with E-state index in [9.17, 15) is 10.2 Å². The highest BCUT2D eigenvalue weighted by Crippen LogP contribution is 2.55. The number of hydrogen-bond donors (Lipinski definition) is 5. The Morgan fingerprint density at radius 1 is 0.273 bits per heavy atom. The molecule has 3 aliphatic heterocycles. The smallest absolute Gasteiger partial charge is 0.209 e. The number of para-hydroxylation sites is 2. The van der Waals surface area contributed by atoms with Gasteiger partial charge in [0.2, 0.25) is 29.4 Å². The molecule has 16 heteroatoms. The molecule has 9 nitrogen and oxygen atoms in total. The van der Waals surface area contributed by atoms with Crippen LogP contribution < -0.4 is 18.9 Å². The molecule has 15 aromatic carbocycles. The number of benzene rings is 15. The van der Waals surface area contributed by atoms with E-state index in [1.54, 1.807) is 0 Å². The molecular formula is C116H115Cl2O9S5+5. The summed E-state index contributed by atoms with van der Waals surface area (Å²) >= 11 is 12.5. The topological polar surface area (TPSA) is 138 Å². The van der Waals surface area contributed by atoms with Gasteiger partial charge in [-0.25, -0.2) is 0 Å². The molecule has 0 bridgehead atoms. The Balaban J connectivity index is 0.000000121. The second kappa shape index (κ2) is 41.1. The van der Waals surface area contributed by atoms with Crippen molar-refractivity contribution in [3.63, 3.8) is 0 Å². The zero-order valence-electron chi connectivity index (χ0n) is 77.2. The second-order valence-corrected chi connectivity index (χ2v) is 47.3. The lowest BCUT2D eigenvalue weighted by Crippen LogP contribution is -2.17. The van der Waals surface area contributed by atoms with Crippen molar-refractivity contribution in [3.05, 3.63) is 381 Å². The third kappa shape index (κ3) is 20.8. The van der Waals surface area contributed by atoms with Gasteiger partial charge in [-0.05, 0) is 301 Å². The van der Waals surface area contributed by atoms with Crippen LogP contribution in [0.25, 0.3) is 50.1 Å². The van der Waals surface area contributed by atoms with Crippen LogP contribution in [0.3, 0.4) is 0 Å². The van der Waals surface area contributed by atoms with E-state index in [2.05, 4.69) is 351 Å². The number of thiophene rings is 2. The Labute approximate surface area is 801 Å². The quantitative estimate of drug-likeness (QED) is 0.0599. The molecule has 1 unspecified atom stereocenters. The van der Waals surface area contributed by atoms with E-state index in [-0.39, 0.29) is 103 Å². The van der Waals surface area contributed by atoms with Gasteiger partial charge in [-0.1, -0.05) is 201 Å². The summed E-state index contributed by atoms with van der Waals surface area (Å²) in [6.45, 7) is 29.6. The maximum atomic E-state index is 9.29. The molecule has 0 spiro atoms. The summed E-state index contributed by atoms with van der Waals surface area (Å²) in [5.74, 6) is 6.56. The van der Waals surface area contributed by atoms with Crippen LogP contribution in [0.1, 0.15) is 124 Å². The number of fused-ring (bicyclic) bond motifs is 12. The van der Waals surface area contributed by atoms with Crippen LogP contribution in [-0.4, -0.2) is 65.2 Å². The summed E-state index contributed by atoms with van der Waals surface area (Å²) in [5, 5.41) is 52.3. The Morgan fingerprint density at radius 3 is 1.02 bits per heavy atom. The molecule has 672 valence electrons. The summed E-state index contributed by atoms with van der Waals surface area (Å²) in [6.07, 6.45) is 2.79. The molecule has 5 N–H and O–H groups in total. The maximum Gasteiger partial charge on any atom is 0.209 e. The number of aliphatic hydroxyl groups is 5. The van der Waals surface area contributed by atoms with Gasteiger partial charge >= 0.3 is 0 Å². The van der Waals surface area contributed by atoms with Crippen LogP contribution in [-0.2, 0) is 74.6 Å². The molecule has 0 saturated carbocycles. The third-order valence-corrected chi connectivity index (χ3v) is 35.8. The van der Waals surface area contributed by atoms with E-state index in [4.69, 9.17) is 57.5 Å². The fourth-order valence-corrected chi connectivity index (χ4v) is 28.7. The molecule has 3 aliphatic rings. The molecular weight excluding hydrogens is 1770 g/mol. The molecule has 0 fully saturated rings. The standard InChI is InChI=1S/C28H33O2S.C24H25O3S.C24H25OS.C20H15Cl2OS.C20H17O2S/c1-27(2,3)20-9-13-25-23(17-20)30-24-18-21(28(4,5)6)10-14-26(24)31(25)22-11-7-19(8-12-22)15-16-29;1-15-5-7-22-20(11-15)27-21-12-16(2)6-8-23(21)28(22)19-13-17(3)24(18(4)14-19)26-10-9-25;1-24(2,3)18-9-11-19(12-10-18)26-22-7-5-4-6-20(22)21-16-17(14-15-25)8-13-23(21)26;21-14-3-7-19-17(11-14)18-12-15(22)4-8-20(18)24(19)16-5-1-13(2-6-16)9-10-23;21-14-13-15-9-11-16(12-10-15)23-19-7-3-1-5-17(19)22-18-6-2-4-8-20(18)23/h7-14,17-18,29H,15-16H2,1-6H3;5-8,11-14,25H,9-10H2,1-4H3;4-13,16,25H,14-15H2,1-3H3;1-8,11-12,23H,9-10H2;1-12,21H,13-14H2/q5*+1. The van der Waals surface area contributed by atoms with Crippen LogP contribution in [0.15, 0.2) is 353 Å². The molecule has 20 rings (SSSR count). The van der Waals surface area contributed by atoms with E-state index in [0.717, 1.165) is 78.1 Å². The van der Waals surface area contributed by atoms with E-state index < -0.39 is 0 Å². The van der Waals surface area contributed by atoms with Crippen molar-refractivity contribution in [2.45, 2.75) is 176 Å². The van der Waals surface area contributed by atoms with Gasteiger partial charge in [-0.3, -0.25) is 0 Å². The molecule has 0 radical (unpaired) electrons. The van der Waals surface area contributed by atoms with Gasteiger partial charge in [-0.2, -0.15) is 0 Å². The largest absolute Gasteiger partial charge is 0.491 e. The summed E-state index contributed by atoms with van der Waals surface area (Å²) in [4.78, 5) is 13.8.